The average molecular weight is 986 g/mol. The van der Waals surface area contributed by atoms with E-state index in [1.54, 1.807) is 0 Å². The van der Waals surface area contributed by atoms with Gasteiger partial charge < -0.3 is 5.11 Å². The number of aliphatic imine (C=N–C) groups is 2. The highest BCUT2D eigenvalue weighted by Gasteiger charge is 2.31. The molecule has 0 heterocycles. The summed E-state index contributed by atoms with van der Waals surface area (Å²) in [7, 11) is -14.3. The second-order valence-electron chi connectivity index (χ2n) is 13.8. The van der Waals surface area contributed by atoms with E-state index in [2.05, 4.69) is 40.9 Å². The van der Waals surface area contributed by atoms with Gasteiger partial charge in [0.2, 0.25) is 5.78 Å². The van der Waals surface area contributed by atoms with E-state index in [1.807, 2.05) is 0 Å². The molecule has 0 bridgehead atoms. The fourth-order valence-electron chi connectivity index (χ4n) is 6.12. The summed E-state index contributed by atoms with van der Waals surface area (Å²) in [5, 5.41) is 60.3. The topological polar surface area (TPSA) is 389 Å². The fraction of sp³-hybridized carbons (Fsp3) is 0. The third-order valence-corrected chi connectivity index (χ3v) is 11.9. The van der Waals surface area contributed by atoms with Crippen LogP contribution in [0.15, 0.2) is 189 Å². The number of ketones is 1. The number of carbonyl (C=O) groups excluding carboxylic acids is 1. The molecule has 4 aromatic rings. The van der Waals surface area contributed by atoms with Crippen molar-refractivity contribution in [2.45, 2.75) is 14.7 Å². The van der Waals surface area contributed by atoms with Gasteiger partial charge in [-0.25, -0.2) is 9.98 Å². The number of azo groups is 1. The molecule has 7 rings (SSSR count). The van der Waals surface area contributed by atoms with Crippen LogP contribution in [0.25, 0.3) is 10.8 Å². The molecule has 0 radical (unpaired) electrons. The van der Waals surface area contributed by atoms with E-state index < -0.39 is 67.6 Å². The van der Waals surface area contributed by atoms with E-state index >= 15 is 0 Å². The Balaban J connectivity index is 1.12. The van der Waals surface area contributed by atoms with Crippen molar-refractivity contribution >= 4 is 110 Å². The number of nitrogens with one attached hydrogen (secondary N) is 1. The van der Waals surface area contributed by atoms with E-state index in [9.17, 15) is 69.7 Å². The van der Waals surface area contributed by atoms with Crippen molar-refractivity contribution in [2.75, 3.05) is 10.7 Å². The normalized spacial score (nSPS) is 15.8. The average Bonchev–Trinajstić information content (AvgIpc) is 3.27. The van der Waals surface area contributed by atoms with Gasteiger partial charge in [-0.1, -0.05) is 12.1 Å². The van der Waals surface area contributed by atoms with Crippen LogP contribution in [0.1, 0.15) is 0 Å². The molecule has 0 aliphatic heterocycles. The van der Waals surface area contributed by atoms with Crippen molar-refractivity contribution in [1.82, 2.24) is 0 Å². The molecule has 8 N–H and O–H groups in total. The number of aliphatic hydroxyl groups excluding tert-OH is 1. The number of fused-ring (bicyclic) bond motifs is 1. The third kappa shape index (κ3) is 11.1. The Kier molecular flexibility index (Phi) is 13.3. The van der Waals surface area contributed by atoms with Gasteiger partial charge in [0.15, 0.2) is 0 Å². The van der Waals surface area contributed by atoms with E-state index in [4.69, 9.17) is 0 Å². The maximum Gasteiger partial charge on any atom is 0.388 e. The number of carbonyl (C=O) groups is 1. The second kappa shape index (κ2) is 19.0. The van der Waals surface area contributed by atoms with E-state index in [-0.39, 0.29) is 78.7 Å². The van der Waals surface area contributed by atoms with Crippen LogP contribution in [0, 0.1) is 10.1 Å². The Bertz CT molecular complexity index is 3490. The molecule has 0 aromatic heterocycles. The summed E-state index contributed by atoms with van der Waals surface area (Å²) < 4.78 is 100. The molecule has 346 valence electrons. The highest BCUT2D eigenvalue weighted by molar-refractivity contribution is 7.92. The van der Waals surface area contributed by atoms with Gasteiger partial charge in [-0.2, -0.15) is 36.1 Å². The van der Waals surface area contributed by atoms with Gasteiger partial charge in [-0.3, -0.25) is 39.9 Å². The highest BCUT2D eigenvalue weighted by Crippen LogP contribution is 2.37. The van der Waals surface area contributed by atoms with Gasteiger partial charge in [0.05, 0.1) is 50.5 Å². The number of allylic oxidation sites excluding steroid dienone is 10. The highest BCUT2D eigenvalue weighted by atomic mass is 32.3. The van der Waals surface area contributed by atoms with Crippen molar-refractivity contribution in [3.63, 3.8) is 0 Å². The van der Waals surface area contributed by atoms with Crippen LogP contribution in [0.3, 0.4) is 0 Å². The van der Waals surface area contributed by atoms with Crippen molar-refractivity contribution in [3.8, 4) is 0 Å². The maximum atomic E-state index is 12.9. The molecule has 0 atom stereocenters. The number of benzene rings is 4. The Labute approximate surface area is 383 Å². The minimum atomic E-state index is -4.89. The Morgan fingerprint density at radius 2 is 1.29 bits per heavy atom. The van der Waals surface area contributed by atoms with Crippen LogP contribution in [0.5, 0.6) is 0 Å². The number of aliphatic hydroxyl groups is 1. The zero-order valence-electron chi connectivity index (χ0n) is 33.8. The number of rotatable bonds is 12. The quantitative estimate of drug-likeness (QED) is 0.0177. The fourth-order valence-corrected chi connectivity index (χ4v) is 8.16. The van der Waals surface area contributed by atoms with E-state index in [0.29, 0.717) is 6.07 Å². The predicted molar refractivity (Wildman–Crippen MR) is 246 cm³/mol. The van der Waals surface area contributed by atoms with Gasteiger partial charge in [-0.05, 0) is 89.2 Å². The molecule has 3 aliphatic carbocycles. The molecular formula is C40H29N10O15S3+. The monoisotopic (exact) mass is 985 g/mol. The predicted octanol–water partition coefficient (Wildman–Crippen LogP) is 6.99. The molecule has 25 nitrogen and oxygen atoms in total. The van der Waals surface area contributed by atoms with Crippen LogP contribution in [0.4, 0.5) is 34.1 Å². The minimum Gasteiger partial charge on any atom is -0.505 e. The van der Waals surface area contributed by atoms with Crippen molar-refractivity contribution in [3.05, 3.63) is 149 Å². The molecule has 0 spiro atoms. The first-order valence-electron chi connectivity index (χ1n) is 18.6. The maximum absolute atomic E-state index is 12.9. The lowest BCUT2D eigenvalue weighted by Gasteiger charge is -2.12. The summed E-state index contributed by atoms with van der Waals surface area (Å²) in [6.45, 7) is 0. The molecule has 0 saturated heterocycles. The van der Waals surface area contributed by atoms with Crippen LogP contribution < -0.4 is 10.7 Å². The molecule has 0 amide bonds. The van der Waals surface area contributed by atoms with Crippen LogP contribution in [-0.2, 0) is 39.7 Å². The van der Waals surface area contributed by atoms with Gasteiger partial charge in [-0.15, -0.1) is 20.6 Å². The lowest BCUT2D eigenvalue weighted by Crippen LogP contribution is -2.13. The van der Waals surface area contributed by atoms with Crippen molar-refractivity contribution < 1.29 is 64.5 Å². The number of nitrogens with zero attached hydrogens (tertiary/aromatic N) is 9. The van der Waals surface area contributed by atoms with Gasteiger partial charge in [0.1, 0.15) is 32.6 Å². The van der Waals surface area contributed by atoms with Gasteiger partial charge in [0.25, 0.3) is 30.8 Å². The Morgan fingerprint density at radius 1 is 0.691 bits per heavy atom. The van der Waals surface area contributed by atoms with Gasteiger partial charge in [0, 0.05) is 41.1 Å². The first-order chi connectivity index (χ1) is 32.0. The number of non-ortho nitro benzene ring substituents is 1. The van der Waals surface area contributed by atoms with Gasteiger partial charge >= 0.3 is 10.5 Å². The summed E-state index contributed by atoms with van der Waals surface area (Å²) >= 11 is 0. The molecule has 0 saturated carbocycles. The molecule has 0 unspecified atom stereocenters. The zero-order chi connectivity index (χ0) is 49.1. The summed E-state index contributed by atoms with van der Waals surface area (Å²) in [5.41, 5.74) is 1.75. The van der Waals surface area contributed by atoms with Crippen molar-refractivity contribution in [1.29, 1.82) is 0 Å². The van der Waals surface area contributed by atoms with Crippen LogP contribution in [-0.4, -0.2) is 89.8 Å². The first-order valence-corrected chi connectivity index (χ1v) is 23.0. The molecule has 68 heavy (non-hydrogen) atoms. The van der Waals surface area contributed by atoms with Crippen LogP contribution >= 0.6 is 0 Å². The second-order valence-corrected chi connectivity index (χ2v) is 18.0. The standard InChI is InChI=1S/C40H28N10O15S3/c51-35-21-36(52)34(20-33(35)47-44-25-10-6-23(7-11-25)42-31-15-13-27(50(55)56)19-39(31)68(63,64)65)48-45-29-16-17-32(40-28(29)2-1-3-37(40)66(57,58)59)46-43-24-8-4-22(5-9-24)41-30-14-12-26(49(53)54)18-38(30)67(60,61)62/h1-21,53-54H,(H5-,41,42,46,47,48,51,52,57,58,59,60,61,62,63,64,65)/p+1. The van der Waals surface area contributed by atoms with Crippen molar-refractivity contribution in [2.24, 2.45) is 35.5 Å². The number of hydrazone groups is 1. The zero-order valence-corrected chi connectivity index (χ0v) is 36.2. The smallest absolute Gasteiger partial charge is 0.388 e. The number of nitro benzene ring substituents is 1. The number of hydrogen-bond donors (Lipinski definition) is 8. The third-order valence-electron chi connectivity index (χ3n) is 9.25. The van der Waals surface area contributed by atoms with Crippen LogP contribution in [0.2, 0.25) is 0 Å². The number of nitro groups is 1. The largest absolute Gasteiger partial charge is 0.505 e. The molecule has 4 aromatic carbocycles. The Morgan fingerprint density at radius 3 is 1.91 bits per heavy atom. The molecule has 28 heteroatoms. The lowest BCUT2D eigenvalue weighted by molar-refractivity contribution is -0.385. The van der Waals surface area contributed by atoms with E-state index in [0.717, 1.165) is 42.5 Å². The summed E-state index contributed by atoms with van der Waals surface area (Å²) in [6, 6.07) is 12.6. The number of anilines is 2. The number of hydrogen-bond acceptors (Lipinski definition) is 20. The van der Waals surface area contributed by atoms with E-state index in [1.165, 1.54) is 78.9 Å². The summed E-state index contributed by atoms with van der Waals surface area (Å²) in [4.78, 5) is 29.6. The summed E-state index contributed by atoms with van der Waals surface area (Å²) in [6.07, 6.45) is 13.3. The minimum absolute atomic E-state index is 0.0217. The lowest BCUT2D eigenvalue weighted by atomic mass is 10.1. The first kappa shape index (κ1) is 47.8. The molecule has 3 aliphatic rings. The summed E-state index contributed by atoms with van der Waals surface area (Å²) in [5.74, 6) is -1.36. The SMILES string of the molecule is O=C1C=C(O)C(=NN=C2C=CC(=Nc3ccc([N+](=O)[O-])cc3S(=O)(=O)O)C=C2)C=C1N=Nc1ccc(NN=C2C=CC(=Nc3ccc(N(O)O)cc3[S+](=O)(O)O)C=C2)c2c(S(=O)(=O)O)cccc12. The Hall–Kier alpha value is -8.19. The molecule has 0 fully saturated rings. The molecular weight excluding hydrogens is 957 g/mol.